The molecular formula is C12H14N2O3S. The molecule has 2 aromatic rings. The number of aromatic amines is 1. The highest BCUT2D eigenvalue weighted by Gasteiger charge is 2.09. The van der Waals surface area contributed by atoms with Crippen molar-refractivity contribution in [1.29, 1.82) is 0 Å². The number of hydrogen-bond donors (Lipinski definition) is 1. The average molecular weight is 266 g/mol. The van der Waals surface area contributed by atoms with Gasteiger partial charge < -0.3 is 14.5 Å². The number of ether oxygens (including phenoxy) is 2. The third kappa shape index (κ3) is 2.59. The van der Waals surface area contributed by atoms with Gasteiger partial charge in [0, 0.05) is 11.8 Å². The Labute approximate surface area is 109 Å². The minimum absolute atomic E-state index is 0.183. The zero-order valence-electron chi connectivity index (χ0n) is 10.2. The number of thioether (sulfide) groups is 1. The minimum atomic E-state index is -0.183. The van der Waals surface area contributed by atoms with Crippen molar-refractivity contribution in [3.8, 4) is 11.5 Å². The summed E-state index contributed by atoms with van der Waals surface area (Å²) in [6.07, 6.45) is 3.38. The van der Waals surface area contributed by atoms with Gasteiger partial charge in [-0.05, 0) is 12.3 Å². The highest BCUT2D eigenvalue weighted by Crippen LogP contribution is 2.30. The van der Waals surface area contributed by atoms with E-state index in [0.717, 1.165) is 5.75 Å². The highest BCUT2D eigenvalue weighted by atomic mass is 32.2. The molecule has 0 radical (unpaired) electrons. The standard InChI is InChI=1S/C12H14N2O3S/c1-16-10-6-9-8(12(15)14-7-13-9)5-11(10)17-3-4-18-2/h5-7H,3-4H2,1-2H3,(H,13,14,15). The lowest BCUT2D eigenvalue weighted by atomic mass is 10.2. The molecule has 0 aliphatic rings. The number of aromatic nitrogens is 2. The molecular weight excluding hydrogens is 252 g/mol. The van der Waals surface area contributed by atoms with Gasteiger partial charge in [0.1, 0.15) is 0 Å². The predicted molar refractivity (Wildman–Crippen MR) is 72.8 cm³/mol. The average Bonchev–Trinajstić information content (AvgIpc) is 2.39. The van der Waals surface area contributed by atoms with E-state index in [9.17, 15) is 4.79 Å². The summed E-state index contributed by atoms with van der Waals surface area (Å²) in [6.45, 7) is 0.571. The molecule has 0 spiro atoms. The molecule has 1 N–H and O–H groups in total. The van der Waals surface area contributed by atoms with Crippen molar-refractivity contribution in [3.63, 3.8) is 0 Å². The quantitative estimate of drug-likeness (QED) is 0.834. The van der Waals surface area contributed by atoms with Gasteiger partial charge in [0.05, 0.1) is 30.9 Å². The van der Waals surface area contributed by atoms with E-state index in [-0.39, 0.29) is 5.56 Å². The van der Waals surface area contributed by atoms with Crippen LogP contribution in [0.5, 0.6) is 11.5 Å². The van der Waals surface area contributed by atoms with Crippen molar-refractivity contribution in [3.05, 3.63) is 28.8 Å². The molecule has 0 saturated heterocycles. The van der Waals surface area contributed by atoms with E-state index in [1.165, 1.54) is 6.33 Å². The van der Waals surface area contributed by atoms with Crippen molar-refractivity contribution in [2.45, 2.75) is 0 Å². The third-order valence-electron chi connectivity index (χ3n) is 2.47. The first-order valence-electron chi connectivity index (χ1n) is 5.43. The van der Waals surface area contributed by atoms with Crippen molar-refractivity contribution in [1.82, 2.24) is 9.97 Å². The Morgan fingerprint density at radius 2 is 2.22 bits per heavy atom. The Bertz CT molecular complexity index is 597. The SMILES string of the molecule is COc1cc2nc[nH]c(=O)c2cc1OCCSC. The molecule has 5 nitrogen and oxygen atoms in total. The summed E-state index contributed by atoms with van der Waals surface area (Å²) in [4.78, 5) is 18.3. The molecule has 0 atom stereocenters. The lowest BCUT2D eigenvalue weighted by molar-refractivity contribution is 0.314. The summed E-state index contributed by atoms with van der Waals surface area (Å²) < 4.78 is 10.8. The summed E-state index contributed by atoms with van der Waals surface area (Å²) in [5.41, 5.74) is 0.408. The Hall–Kier alpha value is -1.69. The van der Waals surface area contributed by atoms with Gasteiger partial charge in [-0.3, -0.25) is 4.79 Å². The fourth-order valence-electron chi connectivity index (χ4n) is 1.58. The second-order valence-electron chi connectivity index (χ2n) is 3.59. The van der Waals surface area contributed by atoms with Crippen molar-refractivity contribution >= 4 is 22.7 Å². The molecule has 0 bridgehead atoms. The Morgan fingerprint density at radius 1 is 1.39 bits per heavy atom. The number of nitrogens with one attached hydrogen (secondary N) is 1. The van der Waals surface area contributed by atoms with E-state index in [2.05, 4.69) is 9.97 Å². The van der Waals surface area contributed by atoms with Crippen molar-refractivity contribution in [2.24, 2.45) is 0 Å². The first kappa shape index (κ1) is 12.8. The Balaban J connectivity index is 2.43. The second kappa shape index (κ2) is 5.77. The molecule has 0 amide bonds. The number of fused-ring (bicyclic) bond motifs is 1. The molecule has 18 heavy (non-hydrogen) atoms. The summed E-state index contributed by atoms with van der Waals surface area (Å²) in [5.74, 6) is 2.03. The maximum absolute atomic E-state index is 11.7. The van der Waals surface area contributed by atoms with Gasteiger partial charge in [-0.15, -0.1) is 0 Å². The number of rotatable bonds is 5. The van der Waals surface area contributed by atoms with Crippen LogP contribution >= 0.6 is 11.8 Å². The van der Waals surface area contributed by atoms with Crippen molar-refractivity contribution in [2.75, 3.05) is 25.7 Å². The van der Waals surface area contributed by atoms with Crippen LogP contribution in [0, 0.1) is 0 Å². The largest absolute Gasteiger partial charge is 0.493 e. The van der Waals surface area contributed by atoms with Gasteiger partial charge in [-0.1, -0.05) is 0 Å². The molecule has 96 valence electrons. The summed E-state index contributed by atoms with van der Waals surface area (Å²) in [5, 5.41) is 0.498. The first-order valence-corrected chi connectivity index (χ1v) is 6.83. The maximum Gasteiger partial charge on any atom is 0.258 e. The Kier molecular flexibility index (Phi) is 4.09. The van der Waals surface area contributed by atoms with Crippen LogP contribution in [0.1, 0.15) is 0 Å². The maximum atomic E-state index is 11.7. The lowest BCUT2D eigenvalue weighted by Crippen LogP contribution is -2.08. The smallest absolute Gasteiger partial charge is 0.258 e. The number of H-pyrrole nitrogens is 1. The fraction of sp³-hybridized carbons (Fsp3) is 0.333. The van der Waals surface area contributed by atoms with Gasteiger partial charge in [0.2, 0.25) is 0 Å². The van der Waals surface area contributed by atoms with E-state index in [1.807, 2.05) is 6.26 Å². The van der Waals surface area contributed by atoms with Crippen LogP contribution < -0.4 is 15.0 Å². The lowest BCUT2D eigenvalue weighted by Gasteiger charge is -2.10. The molecule has 0 unspecified atom stereocenters. The second-order valence-corrected chi connectivity index (χ2v) is 4.58. The van der Waals surface area contributed by atoms with Gasteiger partial charge in [0.15, 0.2) is 11.5 Å². The molecule has 0 aliphatic heterocycles. The van der Waals surface area contributed by atoms with Crippen LogP contribution in [0.3, 0.4) is 0 Å². The zero-order chi connectivity index (χ0) is 13.0. The van der Waals surface area contributed by atoms with Crippen LogP contribution in [0.4, 0.5) is 0 Å². The molecule has 1 heterocycles. The van der Waals surface area contributed by atoms with E-state index >= 15 is 0 Å². The normalized spacial score (nSPS) is 10.6. The van der Waals surface area contributed by atoms with E-state index in [4.69, 9.17) is 9.47 Å². The van der Waals surface area contributed by atoms with E-state index < -0.39 is 0 Å². The van der Waals surface area contributed by atoms with Crippen LogP contribution in [-0.2, 0) is 0 Å². The fourth-order valence-corrected chi connectivity index (χ4v) is 1.83. The summed E-state index contributed by atoms with van der Waals surface area (Å²) in [7, 11) is 1.57. The number of nitrogens with zero attached hydrogens (tertiary/aromatic N) is 1. The molecule has 0 aliphatic carbocycles. The minimum Gasteiger partial charge on any atom is -0.493 e. The Morgan fingerprint density at radius 3 is 2.94 bits per heavy atom. The number of hydrogen-bond acceptors (Lipinski definition) is 5. The summed E-state index contributed by atoms with van der Waals surface area (Å²) in [6, 6.07) is 3.37. The van der Waals surface area contributed by atoms with Gasteiger partial charge >= 0.3 is 0 Å². The van der Waals surface area contributed by atoms with Gasteiger partial charge in [0.25, 0.3) is 5.56 Å². The highest BCUT2D eigenvalue weighted by molar-refractivity contribution is 7.98. The third-order valence-corrected chi connectivity index (χ3v) is 3.05. The van der Waals surface area contributed by atoms with Crippen LogP contribution in [0.15, 0.2) is 23.3 Å². The van der Waals surface area contributed by atoms with E-state index in [1.54, 1.807) is 31.0 Å². The van der Waals surface area contributed by atoms with Gasteiger partial charge in [-0.2, -0.15) is 11.8 Å². The molecule has 1 aromatic heterocycles. The predicted octanol–water partition coefficient (Wildman–Crippen LogP) is 1.67. The molecule has 0 fully saturated rings. The van der Waals surface area contributed by atoms with Crippen LogP contribution in [0.2, 0.25) is 0 Å². The molecule has 0 saturated carbocycles. The van der Waals surface area contributed by atoms with Gasteiger partial charge in [-0.25, -0.2) is 4.98 Å². The number of methoxy groups -OCH3 is 1. The van der Waals surface area contributed by atoms with Crippen LogP contribution in [-0.4, -0.2) is 35.7 Å². The topological polar surface area (TPSA) is 64.2 Å². The molecule has 2 rings (SSSR count). The van der Waals surface area contributed by atoms with E-state index in [0.29, 0.717) is 29.0 Å². The van der Waals surface area contributed by atoms with Crippen molar-refractivity contribution < 1.29 is 9.47 Å². The summed E-state index contributed by atoms with van der Waals surface area (Å²) >= 11 is 1.70. The molecule has 1 aromatic carbocycles. The molecule has 6 heteroatoms. The number of benzene rings is 1. The van der Waals surface area contributed by atoms with Crippen LogP contribution in [0.25, 0.3) is 10.9 Å². The zero-order valence-corrected chi connectivity index (χ0v) is 11.0. The first-order chi connectivity index (χ1) is 8.76. The monoisotopic (exact) mass is 266 g/mol.